The van der Waals surface area contributed by atoms with Gasteiger partial charge in [-0.1, -0.05) is 25.1 Å². The molecule has 108 valence electrons. The Kier molecular flexibility index (Phi) is 3.79. The first kappa shape index (κ1) is 13.6. The molecule has 2 aliphatic heterocycles. The molecule has 1 aromatic carbocycles. The van der Waals surface area contributed by atoms with Crippen LogP contribution < -0.4 is 10.2 Å². The van der Waals surface area contributed by atoms with Crippen molar-refractivity contribution >= 4 is 11.6 Å². The lowest BCUT2D eigenvalue weighted by atomic mass is 9.90. The van der Waals surface area contributed by atoms with E-state index in [0.717, 1.165) is 38.0 Å². The smallest absolute Gasteiger partial charge is 0.231 e. The summed E-state index contributed by atoms with van der Waals surface area (Å²) in [5.41, 5.74) is 2.45. The van der Waals surface area contributed by atoms with Crippen LogP contribution in [0, 0.1) is 11.8 Å². The number of anilines is 1. The number of nitrogens with one attached hydrogen (secondary N) is 1. The predicted molar refractivity (Wildman–Crippen MR) is 81.9 cm³/mol. The Labute approximate surface area is 121 Å². The van der Waals surface area contributed by atoms with Crippen LogP contribution in [-0.4, -0.2) is 25.0 Å². The molecule has 3 atom stereocenters. The fourth-order valence-corrected chi connectivity index (χ4v) is 3.44. The number of rotatable bonds is 1. The lowest BCUT2D eigenvalue weighted by molar-refractivity contribution is -0.123. The highest BCUT2D eigenvalue weighted by Crippen LogP contribution is 2.31. The summed E-state index contributed by atoms with van der Waals surface area (Å²) >= 11 is 0. The minimum atomic E-state index is 0.143. The first-order valence-electron chi connectivity index (χ1n) is 7.78. The second-order valence-corrected chi connectivity index (χ2v) is 6.47. The molecule has 2 heterocycles. The van der Waals surface area contributed by atoms with Crippen LogP contribution in [0.4, 0.5) is 5.69 Å². The van der Waals surface area contributed by atoms with Crippen LogP contribution in [0.2, 0.25) is 0 Å². The van der Waals surface area contributed by atoms with Gasteiger partial charge in [0.2, 0.25) is 5.91 Å². The molecule has 2 aliphatic rings. The van der Waals surface area contributed by atoms with Crippen LogP contribution in [0.5, 0.6) is 0 Å². The van der Waals surface area contributed by atoms with Crippen molar-refractivity contribution in [1.29, 1.82) is 0 Å². The van der Waals surface area contributed by atoms with Gasteiger partial charge in [-0.15, -0.1) is 0 Å². The van der Waals surface area contributed by atoms with E-state index in [1.165, 1.54) is 5.56 Å². The van der Waals surface area contributed by atoms with Crippen molar-refractivity contribution in [2.45, 2.75) is 39.2 Å². The number of hydrogen-bond acceptors (Lipinski definition) is 2. The van der Waals surface area contributed by atoms with E-state index in [1.807, 2.05) is 11.0 Å². The molecule has 1 amide bonds. The molecule has 0 aromatic heterocycles. The van der Waals surface area contributed by atoms with Crippen molar-refractivity contribution in [3.8, 4) is 0 Å². The van der Waals surface area contributed by atoms with Crippen LogP contribution in [-0.2, 0) is 11.2 Å². The zero-order chi connectivity index (χ0) is 14.1. The average molecular weight is 272 g/mol. The van der Waals surface area contributed by atoms with Gasteiger partial charge in [-0.05, 0) is 43.7 Å². The average Bonchev–Trinajstić information content (AvgIpc) is 2.46. The number of amides is 1. The molecule has 1 saturated heterocycles. The first-order valence-corrected chi connectivity index (χ1v) is 7.78. The maximum Gasteiger partial charge on any atom is 0.231 e. The van der Waals surface area contributed by atoms with E-state index < -0.39 is 0 Å². The number of fused-ring (bicyclic) bond motifs is 1. The summed E-state index contributed by atoms with van der Waals surface area (Å²) in [7, 11) is 0. The van der Waals surface area contributed by atoms with Gasteiger partial charge in [-0.25, -0.2) is 0 Å². The summed E-state index contributed by atoms with van der Waals surface area (Å²) < 4.78 is 0. The maximum atomic E-state index is 12.9. The molecule has 3 nitrogen and oxygen atoms in total. The highest BCUT2D eigenvalue weighted by Gasteiger charge is 2.32. The van der Waals surface area contributed by atoms with Crippen LogP contribution in [0.1, 0.15) is 32.3 Å². The van der Waals surface area contributed by atoms with Gasteiger partial charge < -0.3 is 10.2 Å². The number of nitrogens with zero attached hydrogens (tertiary/aromatic N) is 1. The van der Waals surface area contributed by atoms with E-state index in [2.05, 4.69) is 37.4 Å². The Morgan fingerprint density at radius 2 is 2.05 bits per heavy atom. The van der Waals surface area contributed by atoms with Crippen molar-refractivity contribution < 1.29 is 4.79 Å². The largest absolute Gasteiger partial charge is 0.313 e. The minimum Gasteiger partial charge on any atom is -0.313 e. The third kappa shape index (κ3) is 2.59. The summed E-state index contributed by atoms with van der Waals surface area (Å²) in [6, 6.07) is 8.91. The predicted octanol–water partition coefficient (Wildman–Crippen LogP) is 2.60. The molecule has 1 aromatic rings. The van der Waals surface area contributed by atoms with E-state index >= 15 is 0 Å². The van der Waals surface area contributed by atoms with Gasteiger partial charge >= 0.3 is 0 Å². The van der Waals surface area contributed by atoms with Gasteiger partial charge in [0.25, 0.3) is 0 Å². The van der Waals surface area contributed by atoms with Crippen molar-refractivity contribution in [2.75, 3.05) is 18.0 Å². The monoisotopic (exact) mass is 272 g/mol. The molecule has 3 unspecified atom stereocenters. The molecule has 3 heteroatoms. The second-order valence-electron chi connectivity index (χ2n) is 6.47. The molecule has 3 rings (SSSR count). The summed E-state index contributed by atoms with van der Waals surface area (Å²) in [4.78, 5) is 14.9. The van der Waals surface area contributed by atoms with E-state index in [0.29, 0.717) is 17.9 Å². The molecule has 20 heavy (non-hydrogen) atoms. The lowest BCUT2D eigenvalue weighted by Crippen LogP contribution is -2.48. The molecule has 0 radical (unpaired) electrons. The van der Waals surface area contributed by atoms with Gasteiger partial charge in [0.1, 0.15) is 0 Å². The summed E-state index contributed by atoms with van der Waals surface area (Å²) in [5, 5.41) is 3.44. The van der Waals surface area contributed by atoms with Crippen LogP contribution >= 0.6 is 0 Å². The number of carbonyl (C=O) groups excluding carboxylic acids is 1. The molecular formula is C17H24N2O. The Morgan fingerprint density at radius 3 is 2.80 bits per heavy atom. The van der Waals surface area contributed by atoms with Crippen LogP contribution in [0.3, 0.4) is 0 Å². The van der Waals surface area contributed by atoms with E-state index in [9.17, 15) is 4.79 Å². The van der Waals surface area contributed by atoms with E-state index in [-0.39, 0.29) is 5.92 Å². The SMILES string of the molecule is CC1Cc2ccccc2N(C(=O)C2CCC(C)NC2)C1. The van der Waals surface area contributed by atoms with E-state index in [4.69, 9.17) is 0 Å². The van der Waals surface area contributed by atoms with Gasteiger partial charge in [-0.3, -0.25) is 4.79 Å². The van der Waals surface area contributed by atoms with Crippen molar-refractivity contribution in [3.63, 3.8) is 0 Å². The number of piperidine rings is 1. The first-order chi connectivity index (χ1) is 9.65. The molecule has 0 bridgehead atoms. The topological polar surface area (TPSA) is 32.3 Å². The molecular weight excluding hydrogens is 248 g/mol. The molecule has 0 spiro atoms. The quantitative estimate of drug-likeness (QED) is 0.852. The number of hydrogen-bond donors (Lipinski definition) is 1. The van der Waals surface area contributed by atoms with Gasteiger partial charge in [-0.2, -0.15) is 0 Å². The third-order valence-electron chi connectivity index (χ3n) is 4.62. The zero-order valence-electron chi connectivity index (χ0n) is 12.4. The number of para-hydroxylation sites is 1. The molecule has 1 N–H and O–H groups in total. The summed E-state index contributed by atoms with van der Waals surface area (Å²) in [6.45, 7) is 6.12. The molecule has 0 aliphatic carbocycles. The molecule has 1 fully saturated rings. The van der Waals surface area contributed by atoms with Crippen molar-refractivity contribution in [3.05, 3.63) is 29.8 Å². The Hall–Kier alpha value is -1.35. The Morgan fingerprint density at radius 1 is 1.25 bits per heavy atom. The van der Waals surface area contributed by atoms with E-state index in [1.54, 1.807) is 0 Å². The lowest BCUT2D eigenvalue weighted by Gasteiger charge is -2.37. The highest BCUT2D eigenvalue weighted by atomic mass is 16.2. The highest BCUT2D eigenvalue weighted by molar-refractivity contribution is 5.96. The van der Waals surface area contributed by atoms with Crippen molar-refractivity contribution in [1.82, 2.24) is 5.32 Å². The van der Waals surface area contributed by atoms with Crippen LogP contribution in [0.15, 0.2) is 24.3 Å². The third-order valence-corrected chi connectivity index (χ3v) is 4.62. The second kappa shape index (κ2) is 5.57. The minimum absolute atomic E-state index is 0.143. The zero-order valence-corrected chi connectivity index (χ0v) is 12.4. The van der Waals surface area contributed by atoms with Gasteiger partial charge in [0.05, 0.1) is 5.92 Å². The maximum absolute atomic E-state index is 12.9. The van der Waals surface area contributed by atoms with Gasteiger partial charge in [0.15, 0.2) is 0 Å². The Bertz CT molecular complexity index is 492. The summed E-state index contributed by atoms with van der Waals surface area (Å²) in [5.74, 6) is 0.997. The molecule has 0 saturated carbocycles. The fourth-order valence-electron chi connectivity index (χ4n) is 3.44. The Balaban J connectivity index is 1.81. The number of benzene rings is 1. The number of carbonyl (C=O) groups is 1. The summed E-state index contributed by atoms with van der Waals surface area (Å²) in [6.07, 6.45) is 3.20. The van der Waals surface area contributed by atoms with Gasteiger partial charge in [0, 0.05) is 24.8 Å². The normalized spacial score (nSPS) is 29.9. The fraction of sp³-hybridized carbons (Fsp3) is 0.588. The standard InChI is InChI=1S/C17H24N2O/c1-12-9-14-5-3-4-6-16(14)19(11-12)17(20)15-8-7-13(2)18-10-15/h3-6,12-13,15,18H,7-11H2,1-2H3. The van der Waals surface area contributed by atoms with Crippen molar-refractivity contribution in [2.24, 2.45) is 11.8 Å². The van der Waals surface area contributed by atoms with Crippen LogP contribution in [0.25, 0.3) is 0 Å².